The lowest BCUT2D eigenvalue weighted by Gasteiger charge is -2.41. The van der Waals surface area contributed by atoms with Crippen LogP contribution in [0, 0.1) is 11.3 Å². The molecule has 2 atom stereocenters. The highest BCUT2D eigenvalue weighted by molar-refractivity contribution is 7.50. The molecule has 0 radical (unpaired) electrons. The van der Waals surface area contributed by atoms with Crippen LogP contribution >= 0.6 is 8.30 Å². The van der Waals surface area contributed by atoms with Crippen molar-refractivity contribution in [2.24, 2.45) is 0 Å². The van der Waals surface area contributed by atoms with Gasteiger partial charge in [-0.3, -0.25) is 4.67 Å². The predicted octanol–water partition coefficient (Wildman–Crippen LogP) is 6.10. The van der Waals surface area contributed by atoms with Crippen LogP contribution in [0.3, 0.4) is 0 Å². The minimum Gasteiger partial charge on any atom is -0.342 e. The number of rotatable bonds is 13. The van der Waals surface area contributed by atoms with Crippen molar-refractivity contribution in [1.82, 2.24) is 4.67 Å². The van der Waals surface area contributed by atoms with Gasteiger partial charge in [0.25, 0.3) is 0 Å². The van der Waals surface area contributed by atoms with Gasteiger partial charge in [-0.25, -0.2) is 0 Å². The van der Waals surface area contributed by atoms with E-state index in [1.807, 2.05) is 0 Å². The summed E-state index contributed by atoms with van der Waals surface area (Å²) in [6, 6.07) is 3.18. The molecule has 0 aromatic heterocycles. The largest absolute Gasteiger partial charge is 0.342 e. The van der Waals surface area contributed by atoms with Crippen LogP contribution in [0.1, 0.15) is 86.5 Å². The summed E-state index contributed by atoms with van der Waals surface area (Å²) in [4.78, 5) is 0. The Kier molecular flexibility index (Phi) is 13.2. The number of nitrogens with zero attached hydrogens (tertiary/aromatic N) is 2. The van der Waals surface area contributed by atoms with Crippen LogP contribution in [-0.2, 0) is 4.52 Å². The molecule has 3 nitrogen and oxygen atoms in total. The van der Waals surface area contributed by atoms with Gasteiger partial charge in [0.2, 0.25) is 0 Å². The molecule has 0 aliphatic heterocycles. The Bertz CT molecular complexity index is 294. The van der Waals surface area contributed by atoms with Crippen molar-refractivity contribution in [2.45, 2.75) is 104 Å². The fraction of sp³-hybridized carbons (Fsp3) is 0.944. The van der Waals surface area contributed by atoms with Gasteiger partial charge in [0.05, 0.1) is 19.1 Å². The molecule has 22 heavy (non-hydrogen) atoms. The van der Waals surface area contributed by atoms with Crippen LogP contribution in [0.4, 0.5) is 0 Å². The molecule has 0 spiro atoms. The third-order valence-electron chi connectivity index (χ3n) is 3.80. The number of unbranched alkanes of at least 4 members (excludes halogenated alkanes) is 2. The van der Waals surface area contributed by atoms with E-state index in [0.29, 0.717) is 30.8 Å². The Morgan fingerprint density at radius 3 is 2.09 bits per heavy atom. The zero-order valence-electron chi connectivity index (χ0n) is 15.6. The van der Waals surface area contributed by atoms with Gasteiger partial charge in [-0.15, -0.1) is 0 Å². The predicted molar refractivity (Wildman–Crippen MR) is 98.1 cm³/mol. The first-order chi connectivity index (χ1) is 10.5. The Labute approximate surface area is 140 Å². The first-order valence-corrected chi connectivity index (χ1v) is 10.3. The van der Waals surface area contributed by atoms with Crippen LogP contribution in [0.15, 0.2) is 0 Å². The average molecular weight is 328 g/mol. The van der Waals surface area contributed by atoms with Crippen LogP contribution in [-0.4, -0.2) is 29.0 Å². The summed E-state index contributed by atoms with van der Waals surface area (Å²) in [5.41, 5.74) is 0.634. The zero-order valence-corrected chi connectivity index (χ0v) is 16.5. The van der Waals surface area contributed by atoms with Crippen LogP contribution in [0.2, 0.25) is 0 Å². The molecule has 0 saturated heterocycles. The third kappa shape index (κ3) is 8.47. The average Bonchev–Trinajstić information content (AvgIpc) is 2.45. The highest BCUT2D eigenvalue weighted by Crippen LogP contribution is 2.52. The maximum atomic E-state index is 8.82. The summed E-state index contributed by atoms with van der Waals surface area (Å²) in [6.07, 6.45) is 8.08. The second kappa shape index (κ2) is 13.3. The van der Waals surface area contributed by atoms with E-state index in [-0.39, 0.29) is 0 Å². The Balaban J connectivity index is 5.05. The molecule has 0 bridgehead atoms. The number of nitriles is 1. The van der Waals surface area contributed by atoms with Crippen LogP contribution in [0.5, 0.6) is 0 Å². The molecule has 0 aliphatic rings. The summed E-state index contributed by atoms with van der Waals surface area (Å²) in [5, 5.41) is 8.82. The molecule has 0 heterocycles. The molecular formula is C18H37N2OP. The van der Waals surface area contributed by atoms with Gasteiger partial charge < -0.3 is 4.52 Å². The summed E-state index contributed by atoms with van der Waals surface area (Å²) < 4.78 is 8.84. The highest BCUT2D eigenvalue weighted by Gasteiger charge is 2.31. The second-order valence-electron chi connectivity index (χ2n) is 6.55. The molecule has 0 aromatic rings. The maximum absolute atomic E-state index is 8.82. The maximum Gasteiger partial charge on any atom is 0.108 e. The van der Waals surface area contributed by atoms with E-state index in [4.69, 9.17) is 9.79 Å². The lowest BCUT2D eigenvalue weighted by molar-refractivity contribution is 0.248. The molecule has 0 amide bonds. The Hall–Kier alpha value is -0.160. The minimum absolute atomic E-state index is 0.485. The summed E-state index contributed by atoms with van der Waals surface area (Å²) in [5.74, 6) is 0. The molecule has 0 rings (SSSR count). The Morgan fingerprint density at radius 1 is 1.00 bits per heavy atom. The van der Waals surface area contributed by atoms with Crippen molar-refractivity contribution in [1.29, 1.82) is 5.26 Å². The topological polar surface area (TPSA) is 36.3 Å². The number of hydrogen-bond donors (Lipinski definition) is 0. The van der Waals surface area contributed by atoms with Gasteiger partial charge in [0, 0.05) is 17.7 Å². The normalized spacial score (nSPS) is 14.5. The number of hydrogen-bond acceptors (Lipinski definition) is 3. The van der Waals surface area contributed by atoms with Gasteiger partial charge in [-0.2, -0.15) is 5.26 Å². The van der Waals surface area contributed by atoms with Crippen molar-refractivity contribution in [3.8, 4) is 6.07 Å². The van der Waals surface area contributed by atoms with Crippen molar-refractivity contribution >= 4 is 8.30 Å². The zero-order chi connectivity index (χ0) is 17.0. The van der Waals surface area contributed by atoms with Crippen molar-refractivity contribution in [2.75, 3.05) is 6.61 Å². The fourth-order valence-corrected chi connectivity index (χ4v) is 5.72. The van der Waals surface area contributed by atoms with Crippen molar-refractivity contribution < 1.29 is 4.52 Å². The standard InChI is InChI=1S/C18H37N2OP/c1-7-9-10-13-18(12-8-2)22(21-15-11-14-19)20(16(3)4)17(5)6/h16-18H,7-13,15H2,1-6H3. The molecule has 0 aromatic carbocycles. The summed E-state index contributed by atoms with van der Waals surface area (Å²) in [6.45, 7) is 14.2. The monoisotopic (exact) mass is 328 g/mol. The van der Waals surface area contributed by atoms with E-state index >= 15 is 0 Å². The highest BCUT2D eigenvalue weighted by atomic mass is 31.2. The molecule has 0 fully saturated rings. The minimum atomic E-state index is -0.618. The van der Waals surface area contributed by atoms with E-state index in [2.05, 4.69) is 52.3 Å². The summed E-state index contributed by atoms with van der Waals surface area (Å²) in [7, 11) is -0.618. The van der Waals surface area contributed by atoms with Crippen LogP contribution < -0.4 is 0 Å². The lowest BCUT2D eigenvalue weighted by atomic mass is 10.1. The quantitative estimate of drug-likeness (QED) is 0.303. The van der Waals surface area contributed by atoms with E-state index in [1.165, 1.54) is 38.5 Å². The fourth-order valence-electron chi connectivity index (χ4n) is 2.93. The van der Waals surface area contributed by atoms with Gasteiger partial charge in [-0.05, 0) is 40.5 Å². The molecule has 4 heteroatoms. The molecular weight excluding hydrogens is 291 g/mol. The van der Waals surface area contributed by atoms with Gasteiger partial charge in [0.15, 0.2) is 0 Å². The molecule has 2 unspecified atom stereocenters. The summed E-state index contributed by atoms with van der Waals surface area (Å²) >= 11 is 0. The van der Waals surface area contributed by atoms with E-state index in [9.17, 15) is 0 Å². The SMILES string of the molecule is CCCCCC(CCC)P(OCCC#N)N(C(C)C)C(C)C. The molecule has 130 valence electrons. The first kappa shape index (κ1) is 21.8. The third-order valence-corrected chi connectivity index (χ3v) is 6.77. The first-order valence-electron chi connectivity index (χ1n) is 9.06. The van der Waals surface area contributed by atoms with Crippen molar-refractivity contribution in [3.63, 3.8) is 0 Å². The van der Waals surface area contributed by atoms with Gasteiger partial charge in [0.1, 0.15) is 8.30 Å². The van der Waals surface area contributed by atoms with E-state index in [1.54, 1.807) is 0 Å². The second-order valence-corrected chi connectivity index (χ2v) is 8.61. The van der Waals surface area contributed by atoms with Crippen LogP contribution in [0.25, 0.3) is 0 Å². The van der Waals surface area contributed by atoms with E-state index in [0.717, 1.165) is 0 Å². The van der Waals surface area contributed by atoms with Gasteiger partial charge in [-0.1, -0.05) is 39.5 Å². The molecule has 0 saturated carbocycles. The van der Waals surface area contributed by atoms with Crippen molar-refractivity contribution in [3.05, 3.63) is 0 Å². The van der Waals surface area contributed by atoms with E-state index < -0.39 is 8.30 Å². The Morgan fingerprint density at radius 2 is 1.64 bits per heavy atom. The molecule has 0 aliphatic carbocycles. The van der Waals surface area contributed by atoms with Gasteiger partial charge >= 0.3 is 0 Å². The lowest BCUT2D eigenvalue weighted by Crippen LogP contribution is -2.36. The smallest absolute Gasteiger partial charge is 0.108 e. The molecule has 0 N–H and O–H groups in total.